The van der Waals surface area contributed by atoms with Gasteiger partial charge in [-0.2, -0.15) is 0 Å². The van der Waals surface area contributed by atoms with E-state index < -0.39 is 11.7 Å². The van der Waals surface area contributed by atoms with Gasteiger partial charge >= 0.3 is 6.09 Å². The Morgan fingerprint density at radius 1 is 1.13 bits per heavy atom. The number of amides is 1. The SMILES string of the molecule is COc1ccc(N(/C=C\C[C@@H](C[N+](=O)[O-])c2ccccc2)C(=O)OC(C)(C)C)cc1. The molecule has 0 N–H and O–H groups in total. The first-order valence-electron chi connectivity index (χ1n) is 9.69. The highest BCUT2D eigenvalue weighted by molar-refractivity contribution is 5.89. The number of anilines is 1. The Kier molecular flexibility index (Phi) is 7.98. The molecular formula is C23H28N2O5. The van der Waals surface area contributed by atoms with Gasteiger partial charge in [-0.25, -0.2) is 4.79 Å². The Morgan fingerprint density at radius 2 is 1.77 bits per heavy atom. The highest BCUT2D eigenvalue weighted by Gasteiger charge is 2.22. The molecule has 1 atom stereocenters. The van der Waals surface area contributed by atoms with Gasteiger partial charge in [-0.05, 0) is 57.0 Å². The molecule has 30 heavy (non-hydrogen) atoms. The first kappa shape index (κ1) is 22.9. The van der Waals surface area contributed by atoms with Crippen molar-refractivity contribution in [2.24, 2.45) is 0 Å². The second-order valence-corrected chi connectivity index (χ2v) is 7.79. The number of hydrogen-bond acceptors (Lipinski definition) is 5. The largest absolute Gasteiger partial charge is 0.497 e. The predicted octanol–water partition coefficient (Wildman–Crippen LogP) is 5.40. The Labute approximate surface area is 177 Å². The van der Waals surface area contributed by atoms with E-state index in [1.165, 1.54) is 4.90 Å². The first-order chi connectivity index (χ1) is 14.2. The molecule has 2 aromatic carbocycles. The van der Waals surface area contributed by atoms with Crippen molar-refractivity contribution in [3.8, 4) is 5.75 Å². The van der Waals surface area contributed by atoms with Crippen LogP contribution < -0.4 is 9.64 Å². The van der Waals surface area contributed by atoms with Gasteiger partial charge < -0.3 is 9.47 Å². The van der Waals surface area contributed by atoms with Crippen molar-refractivity contribution in [3.05, 3.63) is 82.6 Å². The van der Waals surface area contributed by atoms with Gasteiger partial charge in [0.25, 0.3) is 0 Å². The lowest BCUT2D eigenvalue weighted by Gasteiger charge is -2.25. The van der Waals surface area contributed by atoms with Gasteiger partial charge in [0.05, 0.1) is 18.7 Å². The van der Waals surface area contributed by atoms with Crippen molar-refractivity contribution < 1.29 is 19.2 Å². The lowest BCUT2D eigenvalue weighted by molar-refractivity contribution is -0.483. The van der Waals surface area contributed by atoms with Gasteiger partial charge in [0.15, 0.2) is 0 Å². The maximum Gasteiger partial charge on any atom is 0.418 e. The lowest BCUT2D eigenvalue weighted by Crippen LogP contribution is -2.33. The van der Waals surface area contributed by atoms with Crippen molar-refractivity contribution in [1.29, 1.82) is 0 Å². The third-order valence-corrected chi connectivity index (χ3v) is 4.26. The van der Waals surface area contributed by atoms with Gasteiger partial charge in [-0.3, -0.25) is 15.0 Å². The summed E-state index contributed by atoms with van der Waals surface area (Å²) < 4.78 is 10.7. The van der Waals surface area contributed by atoms with Gasteiger partial charge in [-0.15, -0.1) is 0 Å². The van der Waals surface area contributed by atoms with Crippen LogP contribution in [0.3, 0.4) is 0 Å². The molecule has 0 aliphatic heterocycles. The van der Waals surface area contributed by atoms with Crippen LogP contribution in [-0.4, -0.2) is 30.3 Å². The Bertz CT molecular complexity index is 857. The second kappa shape index (κ2) is 10.4. The number of ether oxygens (including phenoxy) is 2. The van der Waals surface area contributed by atoms with Crippen LogP contribution in [0.4, 0.5) is 10.5 Å². The molecule has 7 heteroatoms. The molecule has 0 saturated heterocycles. The zero-order valence-electron chi connectivity index (χ0n) is 17.8. The van der Waals surface area contributed by atoms with Crippen LogP contribution in [0.5, 0.6) is 5.75 Å². The molecule has 0 saturated carbocycles. The molecular weight excluding hydrogens is 384 g/mol. The van der Waals surface area contributed by atoms with Crippen molar-refractivity contribution in [3.63, 3.8) is 0 Å². The average Bonchev–Trinajstić information content (AvgIpc) is 2.69. The van der Waals surface area contributed by atoms with E-state index in [9.17, 15) is 14.9 Å². The molecule has 0 radical (unpaired) electrons. The van der Waals surface area contributed by atoms with Crippen LogP contribution in [0, 0.1) is 10.1 Å². The fourth-order valence-corrected chi connectivity index (χ4v) is 2.86. The van der Waals surface area contributed by atoms with Crippen LogP contribution in [0.1, 0.15) is 38.7 Å². The van der Waals surface area contributed by atoms with E-state index in [0.717, 1.165) is 5.56 Å². The zero-order valence-corrected chi connectivity index (χ0v) is 17.8. The van der Waals surface area contributed by atoms with E-state index in [2.05, 4.69) is 0 Å². The smallest absolute Gasteiger partial charge is 0.418 e. The van der Waals surface area contributed by atoms with Crippen molar-refractivity contribution in [2.45, 2.75) is 38.7 Å². The lowest BCUT2D eigenvalue weighted by atomic mass is 9.96. The molecule has 7 nitrogen and oxygen atoms in total. The summed E-state index contributed by atoms with van der Waals surface area (Å²) in [6.45, 7) is 5.19. The Balaban J connectivity index is 2.25. The van der Waals surface area contributed by atoms with E-state index >= 15 is 0 Å². The quantitative estimate of drug-likeness (QED) is 0.428. The monoisotopic (exact) mass is 412 g/mol. The highest BCUT2D eigenvalue weighted by Crippen LogP contribution is 2.24. The fraction of sp³-hybridized carbons (Fsp3) is 0.348. The van der Waals surface area contributed by atoms with Gasteiger partial charge in [-0.1, -0.05) is 36.4 Å². The number of methoxy groups -OCH3 is 1. The van der Waals surface area contributed by atoms with Crippen molar-refractivity contribution in [2.75, 3.05) is 18.6 Å². The van der Waals surface area contributed by atoms with Crippen LogP contribution in [0.2, 0.25) is 0 Å². The molecule has 1 amide bonds. The summed E-state index contributed by atoms with van der Waals surface area (Å²) in [7, 11) is 1.57. The first-order valence-corrected chi connectivity index (χ1v) is 9.69. The number of allylic oxidation sites excluding steroid dienone is 1. The van der Waals surface area contributed by atoms with Crippen molar-refractivity contribution in [1.82, 2.24) is 0 Å². The number of carbonyl (C=O) groups is 1. The van der Waals surface area contributed by atoms with Crippen LogP contribution in [0.25, 0.3) is 0 Å². The molecule has 0 aliphatic carbocycles. The van der Waals surface area contributed by atoms with Crippen molar-refractivity contribution >= 4 is 11.8 Å². The third-order valence-electron chi connectivity index (χ3n) is 4.26. The summed E-state index contributed by atoms with van der Waals surface area (Å²) in [5, 5.41) is 11.1. The molecule has 0 spiro atoms. The highest BCUT2D eigenvalue weighted by atomic mass is 16.6. The number of nitrogens with zero attached hydrogens (tertiary/aromatic N) is 2. The summed E-state index contributed by atoms with van der Waals surface area (Å²) in [6.07, 6.45) is 3.23. The average molecular weight is 412 g/mol. The summed E-state index contributed by atoms with van der Waals surface area (Å²) in [4.78, 5) is 24.9. The van der Waals surface area contributed by atoms with E-state index in [-0.39, 0.29) is 17.4 Å². The normalized spacial score (nSPS) is 12.4. The minimum Gasteiger partial charge on any atom is -0.497 e. The minimum absolute atomic E-state index is 0.191. The number of benzene rings is 2. The number of carbonyl (C=O) groups excluding carboxylic acids is 1. The van der Waals surface area contributed by atoms with E-state index in [1.807, 2.05) is 30.3 Å². The van der Waals surface area contributed by atoms with Crippen LogP contribution in [-0.2, 0) is 4.74 Å². The number of nitro groups is 1. The standard InChI is InChI=1S/C23H28N2O5/c1-23(2,3)30-22(26)24(20-12-14-21(29-4)15-13-20)16-8-11-19(17-25(27)28)18-9-6-5-7-10-18/h5-10,12-16,19H,11,17H2,1-4H3/b16-8-/t19-/m0/s1. The molecule has 160 valence electrons. The number of rotatable bonds is 8. The van der Waals surface area contributed by atoms with Gasteiger partial charge in [0.1, 0.15) is 11.4 Å². The molecule has 0 unspecified atom stereocenters. The summed E-state index contributed by atoms with van der Waals surface area (Å²) >= 11 is 0. The molecule has 0 aromatic heterocycles. The maximum absolute atomic E-state index is 12.8. The summed E-state index contributed by atoms with van der Waals surface area (Å²) in [5.74, 6) is 0.371. The minimum atomic E-state index is -0.659. The Morgan fingerprint density at radius 3 is 2.30 bits per heavy atom. The molecule has 0 heterocycles. The second-order valence-electron chi connectivity index (χ2n) is 7.79. The van der Waals surface area contributed by atoms with E-state index in [0.29, 0.717) is 17.9 Å². The predicted molar refractivity (Wildman–Crippen MR) is 117 cm³/mol. The van der Waals surface area contributed by atoms with Crippen LogP contribution >= 0.6 is 0 Å². The zero-order chi connectivity index (χ0) is 22.1. The van der Waals surface area contributed by atoms with E-state index in [4.69, 9.17) is 9.47 Å². The summed E-state index contributed by atoms with van der Waals surface area (Å²) in [5.41, 5.74) is 0.826. The fourth-order valence-electron chi connectivity index (χ4n) is 2.86. The van der Waals surface area contributed by atoms with Gasteiger partial charge in [0, 0.05) is 11.1 Å². The van der Waals surface area contributed by atoms with Gasteiger partial charge in [0.2, 0.25) is 6.54 Å². The maximum atomic E-state index is 12.8. The number of hydrogen-bond donors (Lipinski definition) is 0. The molecule has 0 bridgehead atoms. The molecule has 2 aromatic rings. The topological polar surface area (TPSA) is 81.9 Å². The summed E-state index contributed by atoms with van der Waals surface area (Å²) in [6, 6.07) is 16.3. The molecule has 0 fully saturated rings. The third kappa shape index (κ3) is 7.24. The van der Waals surface area contributed by atoms with Crippen LogP contribution in [0.15, 0.2) is 66.9 Å². The molecule has 0 aliphatic rings. The van der Waals surface area contributed by atoms with E-state index in [1.54, 1.807) is 64.4 Å². The Hall–Kier alpha value is -3.35. The molecule has 2 rings (SSSR count).